The molecule has 0 saturated carbocycles. The van der Waals surface area contributed by atoms with Crippen LogP contribution in [0, 0.1) is 6.92 Å². The van der Waals surface area contributed by atoms with Crippen molar-refractivity contribution in [2.45, 2.75) is 59.3 Å². The summed E-state index contributed by atoms with van der Waals surface area (Å²) in [5, 5.41) is 14.7. The first-order chi connectivity index (χ1) is 28.3. The molecule has 0 unspecified atom stereocenters. The zero-order valence-electron chi connectivity index (χ0n) is 34.9. The summed E-state index contributed by atoms with van der Waals surface area (Å²) < 4.78 is 2.30. The minimum Gasteiger partial charge on any atom is -0.507 e. The molecule has 0 aliphatic heterocycles. The number of aromatic nitrogens is 3. The highest BCUT2D eigenvalue weighted by molar-refractivity contribution is 6.03. The summed E-state index contributed by atoms with van der Waals surface area (Å²) in [5.74, 6) is 0.951. The molecule has 0 fully saturated rings. The van der Waals surface area contributed by atoms with Crippen LogP contribution in [0.15, 0.2) is 164 Å². The van der Waals surface area contributed by atoms with E-state index in [1.165, 1.54) is 0 Å². The molecule has 9 rings (SSSR count). The van der Waals surface area contributed by atoms with Gasteiger partial charge >= 0.3 is 0 Å². The fourth-order valence-electron chi connectivity index (χ4n) is 8.38. The van der Waals surface area contributed by atoms with Crippen molar-refractivity contribution >= 4 is 21.8 Å². The second-order valence-electron chi connectivity index (χ2n) is 17.8. The zero-order chi connectivity index (χ0) is 41.1. The Kier molecular flexibility index (Phi) is 9.32. The van der Waals surface area contributed by atoms with Crippen molar-refractivity contribution < 1.29 is 5.11 Å². The predicted octanol–water partition coefficient (Wildman–Crippen LogP) is 14.5. The highest BCUT2D eigenvalue weighted by atomic mass is 16.3. The van der Waals surface area contributed by atoms with Crippen molar-refractivity contribution in [2.24, 2.45) is 0 Å². The molecule has 0 bridgehead atoms. The Balaban J connectivity index is 1.37. The van der Waals surface area contributed by atoms with Gasteiger partial charge in [-0.15, -0.1) is 0 Å². The normalized spacial score (nSPS) is 12.1. The Morgan fingerprint density at radius 2 is 1.22 bits per heavy atom. The van der Waals surface area contributed by atoms with Crippen molar-refractivity contribution in [1.82, 2.24) is 14.5 Å². The van der Waals surface area contributed by atoms with Gasteiger partial charge in [-0.3, -0.25) is 9.55 Å². The first kappa shape index (κ1) is 37.8. The number of benzene rings is 7. The minimum absolute atomic E-state index is 0.178. The molecule has 2 aromatic heterocycles. The van der Waals surface area contributed by atoms with Crippen LogP contribution in [0.2, 0.25) is 0 Å². The number of rotatable bonds is 6. The highest BCUT2D eigenvalue weighted by Crippen LogP contribution is 2.46. The van der Waals surface area contributed by atoms with Crippen LogP contribution in [0.4, 0.5) is 0 Å². The second-order valence-corrected chi connectivity index (χ2v) is 17.8. The zero-order valence-corrected chi connectivity index (χ0v) is 34.9. The maximum Gasteiger partial charge on any atom is 0.149 e. The average Bonchev–Trinajstić information content (AvgIpc) is 3.62. The molecular weight excluding hydrogens is 719 g/mol. The lowest BCUT2D eigenvalue weighted by Gasteiger charge is -2.28. The van der Waals surface area contributed by atoms with Crippen LogP contribution in [-0.4, -0.2) is 19.6 Å². The molecule has 0 spiro atoms. The number of aromatic hydroxyl groups is 1. The molecule has 1 N–H and O–H groups in total. The topological polar surface area (TPSA) is 50.9 Å². The molecule has 4 nitrogen and oxygen atoms in total. The lowest BCUT2D eigenvalue weighted by atomic mass is 9.79. The largest absolute Gasteiger partial charge is 0.507 e. The van der Waals surface area contributed by atoms with Crippen LogP contribution in [0.25, 0.3) is 83.5 Å². The Bertz CT molecular complexity index is 3020. The van der Waals surface area contributed by atoms with Gasteiger partial charge in [0.05, 0.1) is 28.0 Å². The van der Waals surface area contributed by atoms with Gasteiger partial charge in [0, 0.05) is 33.8 Å². The van der Waals surface area contributed by atoms with Crippen molar-refractivity contribution in [2.75, 3.05) is 0 Å². The Hall–Kier alpha value is -6.78. The Morgan fingerprint density at radius 1 is 0.525 bits per heavy atom. The summed E-state index contributed by atoms with van der Waals surface area (Å²) in [6.07, 6.45) is 1.90. The van der Waals surface area contributed by atoms with Gasteiger partial charge in [0.25, 0.3) is 0 Å². The van der Waals surface area contributed by atoms with Crippen LogP contribution in [0.5, 0.6) is 5.75 Å². The van der Waals surface area contributed by atoms with Crippen molar-refractivity contribution in [1.29, 1.82) is 0 Å². The molecule has 4 heteroatoms. The quantitative estimate of drug-likeness (QED) is 0.183. The van der Waals surface area contributed by atoms with Crippen LogP contribution < -0.4 is 0 Å². The fraction of sp³-hybridized carbons (Fsp3) is 0.164. The standard InChI is InChI=1S/C55H49N3O/c1-35-29-40(31-41(30-35)48-32-39(27-28-56-48)36-17-10-8-11-18-36)43-23-16-24-49-50(43)57-53(46-33-42(54(2,3)4)34-47(52(46)59)55(5,6)7)58(49)51-44-22-15-14-21-38(44)25-26-45(51)37-19-12-9-13-20-37/h8-34,59H,1-7H3. The van der Waals surface area contributed by atoms with Crippen molar-refractivity contribution in [3.63, 3.8) is 0 Å². The van der Waals surface area contributed by atoms with Gasteiger partial charge in [0.1, 0.15) is 11.6 Å². The van der Waals surface area contributed by atoms with Gasteiger partial charge < -0.3 is 5.11 Å². The number of para-hydroxylation sites is 1. The van der Waals surface area contributed by atoms with Crippen LogP contribution in [-0.2, 0) is 10.8 Å². The van der Waals surface area contributed by atoms with E-state index >= 15 is 0 Å². The van der Waals surface area contributed by atoms with Crippen LogP contribution >= 0.6 is 0 Å². The van der Waals surface area contributed by atoms with E-state index in [1.807, 2.05) is 12.3 Å². The maximum atomic E-state index is 12.5. The molecule has 0 radical (unpaired) electrons. The summed E-state index contributed by atoms with van der Waals surface area (Å²) in [6.45, 7) is 15.3. The number of fused-ring (bicyclic) bond motifs is 2. The van der Waals surface area contributed by atoms with Gasteiger partial charge in [-0.2, -0.15) is 0 Å². The molecule has 59 heavy (non-hydrogen) atoms. The molecule has 290 valence electrons. The maximum absolute atomic E-state index is 12.5. The number of imidazole rings is 1. The van der Waals surface area contributed by atoms with Crippen LogP contribution in [0.3, 0.4) is 0 Å². The van der Waals surface area contributed by atoms with Gasteiger partial charge in [0.15, 0.2) is 0 Å². The van der Waals surface area contributed by atoms with Crippen molar-refractivity contribution in [3.8, 4) is 67.5 Å². The molecule has 2 heterocycles. The molecule has 0 aliphatic rings. The summed E-state index contributed by atoms with van der Waals surface area (Å²) in [4.78, 5) is 10.5. The van der Waals surface area contributed by atoms with Crippen molar-refractivity contribution in [3.05, 3.63) is 181 Å². The van der Waals surface area contributed by atoms with E-state index < -0.39 is 0 Å². The minimum atomic E-state index is -0.319. The molecule has 9 aromatic rings. The van der Waals surface area contributed by atoms with Gasteiger partial charge in [0.2, 0.25) is 0 Å². The number of phenols is 1. The smallest absolute Gasteiger partial charge is 0.149 e. The number of aryl methyl sites for hydroxylation is 1. The van der Waals surface area contributed by atoms with Crippen LogP contribution in [0.1, 0.15) is 58.2 Å². The number of phenolic OH excluding ortho intramolecular Hbond substituents is 1. The van der Waals surface area contributed by atoms with Gasteiger partial charge in [-0.25, -0.2) is 4.98 Å². The first-order valence-corrected chi connectivity index (χ1v) is 20.5. The van der Waals surface area contributed by atoms with Gasteiger partial charge in [-0.05, 0) is 92.9 Å². The third kappa shape index (κ3) is 6.99. The number of hydrogen-bond donors (Lipinski definition) is 1. The summed E-state index contributed by atoms with van der Waals surface area (Å²) in [5.41, 5.74) is 14.7. The summed E-state index contributed by atoms with van der Waals surface area (Å²) in [7, 11) is 0. The number of hydrogen-bond acceptors (Lipinski definition) is 3. The van der Waals surface area contributed by atoms with Gasteiger partial charge in [-0.1, -0.05) is 163 Å². The molecule has 0 saturated heterocycles. The number of pyridine rings is 1. The SMILES string of the molecule is Cc1cc(-c2cc(-c3ccccc3)ccn2)cc(-c2cccc3c2nc(-c2cc(C(C)(C)C)cc(C(C)(C)C)c2O)n3-c2c(-c3ccccc3)ccc3ccccc23)c1. The molecular formula is C55H49N3O. The molecule has 0 atom stereocenters. The number of nitrogens with zero attached hydrogens (tertiary/aromatic N) is 3. The predicted molar refractivity (Wildman–Crippen MR) is 247 cm³/mol. The lowest BCUT2D eigenvalue weighted by Crippen LogP contribution is -2.17. The average molecular weight is 768 g/mol. The van der Waals surface area contributed by atoms with E-state index in [-0.39, 0.29) is 16.6 Å². The van der Waals surface area contributed by atoms with E-state index in [0.29, 0.717) is 11.4 Å². The molecule has 7 aromatic carbocycles. The van der Waals surface area contributed by atoms with E-state index in [1.54, 1.807) is 0 Å². The Morgan fingerprint density at radius 3 is 1.95 bits per heavy atom. The second kappa shape index (κ2) is 14.6. The highest BCUT2D eigenvalue weighted by Gasteiger charge is 2.29. The lowest BCUT2D eigenvalue weighted by molar-refractivity contribution is 0.446. The van der Waals surface area contributed by atoms with E-state index in [2.05, 4.69) is 205 Å². The van der Waals surface area contributed by atoms with E-state index in [0.717, 1.165) is 88.8 Å². The van der Waals surface area contributed by atoms with E-state index in [9.17, 15) is 5.11 Å². The summed E-state index contributed by atoms with van der Waals surface area (Å²) >= 11 is 0. The fourth-order valence-corrected chi connectivity index (χ4v) is 8.38. The summed E-state index contributed by atoms with van der Waals surface area (Å²) in [6, 6.07) is 55.7. The third-order valence-electron chi connectivity index (χ3n) is 11.5. The first-order valence-electron chi connectivity index (χ1n) is 20.5. The molecule has 0 aliphatic carbocycles. The monoisotopic (exact) mass is 767 g/mol. The van der Waals surface area contributed by atoms with E-state index in [4.69, 9.17) is 9.97 Å². The Labute approximate surface area is 347 Å². The molecule has 0 amide bonds. The third-order valence-corrected chi connectivity index (χ3v) is 11.5.